The highest BCUT2D eigenvalue weighted by atomic mass is 19.1. The van der Waals surface area contributed by atoms with Crippen molar-refractivity contribution in [1.82, 2.24) is 5.32 Å². The van der Waals surface area contributed by atoms with Crippen LogP contribution in [0.1, 0.15) is 24.0 Å². The van der Waals surface area contributed by atoms with Gasteiger partial charge in [0.1, 0.15) is 12.4 Å². The number of nitriles is 1. The highest BCUT2D eigenvalue weighted by molar-refractivity contribution is 5.92. The summed E-state index contributed by atoms with van der Waals surface area (Å²) >= 11 is 0. The zero-order valence-electron chi connectivity index (χ0n) is 11.9. The van der Waals surface area contributed by atoms with Gasteiger partial charge in [0.15, 0.2) is 0 Å². The Morgan fingerprint density at radius 3 is 2.90 bits per heavy atom. The molecule has 112 valence electrons. The topological polar surface area (TPSA) is 74.2 Å². The number of carbonyl (C=O) groups is 1. The molecule has 2 rings (SSSR count). The molecule has 21 heavy (non-hydrogen) atoms. The molecule has 0 aliphatic carbocycles. The zero-order valence-corrected chi connectivity index (χ0v) is 11.9. The van der Waals surface area contributed by atoms with E-state index in [-0.39, 0.29) is 24.2 Å². The number of hydrogen-bond acceptors (Lipinski definition) is 4. The maximum Gasteiger partial charge on any atom is 0.250 e. The quantitative estimate of drug-likeness (QED) is 0.885. The van der Waals surface area contributed by atoms with Gasteiger partial charge < -0.3 is 15.4 Å². The lowest BCUT2D eigenvalue weighted by Crippen LogP contribution is -2.34. The monoisotopic (exact) mass is 291 g/mol. The Kier molecular flexibility index (Phi) is 5.26. The van der Waals surface area contributed by atoms with Crippen LogP contribution in [0.5, 0.6) is 0 Å². The molecular formula is C15H18FN3O2. The Balaban J connectivity index is 1.93. The number of nitrogens with one attached hydrogen (secondary N) is 2. The fourth-order valence-electron chi connectivity index (χ4n) is 2.22. The van der Waals surface area contributed by atoms with Crippen LogP contribution in [-0.2, 0) is 9.53 Å². The first-order chi connectivity index (χ1) is 10.1. The Bertz CT molecular complexity index is 563. The van der Waals surface area contributed by atoms with Gasteiger partial charge in [-0.1, -0.05) is 0 Å². The van der Waals surface area contributed by atoms with E-state index < -0.39 is 5.82 Å². The highest BCUT2D eigenvalue weighted by Gasteiger charge is 2.16. The van der Waals surface area contributed by atoms with E-state index in [1.54, 1.807) is 6.92 Å². The van der Waals surface area contributed by atoms with E-state index in [0.717, 1.165) is 32.0 Å². The summed E-state index contributed by atoms with van der Waals surface area (Å²) in [6.45, 7) is 3.27. The predicted molar refractivity (Wildman–Crippen MR) is 76.3 cm³/mol. The van der Waals surface area contributed by atoms with E-state index in [9.17, 15) is 9.18 Å². The van der Waals surface area contributed by atoms with Crippen LogP contribution in [0.2, 0.25) is 0 Å². The van der Waals surface area contributed by atoms with Gasteiger partial charge >= 0.3 is 0 Å². The van der Waals surface area contributed by atoms with Crippen LogP contribution in [0.3, 0.4) is 0 Å². The number of piperidine rings is 1. The van der Waals surface area contributed by atoms with Crippen molar-refractivity contribution in [2.75, 3.05) is 25.0 Å². The fraction of sp³-hybridized carbons (Fsp3) is 0.467. The third-order valence-electron chi connectivity index (χ3n) is 3.48. The van der Waals surface area contributed by atoms with Crippen molar-refractivity contribution >= 4 is 11.6 Å². The van der Waals surface area contributed by atoms with E-state index in [0.29, 0.717) is 11.3 Å². The Labute approximate surface area is 123 Å². The standard InChI is InChI=1S/C15H18FN3O2/c1-10-13(16)6-11(8-17)7-14(10)19-15(20)9-21-12-2-4-18-5-3-12/h6-7,12,18H,2-5,9H2,1H3,(H,19,20). The summed E-state index contributed by atoms with van der Waals surface area (Å²) in [7, 11) is 0. The van der Waals surface area contributed by atoms with Gasteiger partial charge in [0, 0.05) is 11.3 Å². The molecule has 0 unspecified atom stereocenters. The van der Waals surface area contributed by atoms with E-state index in [2.05, 4.69) is 10.6 Å². The Morgan fingerprint density at radius 1 is 1.52 bits per heavy atom. The predicted octanol–water partition coefficient (Wildman–Crippen LogP) is 1.71. The second-order valence-electron chi connectivity index (χ2n) is 5.05. The Morgan fingerprint density at radius 2 is 2.24 bits per heavy atom. The highest BCUT2D eigenvalue weighted by Crippen LogP contribution is 2.20. The van der Waals surface area contributed by atoms with Gasteiger partial charge in [-0.2, -0.15) is 5.26 Å². The number of carbonyl (C=O) groups excluding carboxylic acids is 1. The minimum Gasteiger partial charge on any atom is -0.368 e. The molecule has 0 saturated carbocycles. The van der Waals surface area contributed by atoms with Crippen molar-refractivity contribution in [1.29, 1.82) is 5.26 Å². The molecule has 6 heteroatoms. The molecule has 0 atom stereocenters. The average Bonchev–Trinajstić information content (AvgIpc) is 2.50. The van der Waals surface area contributed by atoms with E-state index in [1.165, 1.54) is 6.07 Å². The number of ether oxygens (including phenoxy) is 1. The molecule has 5 nitrogen and oxygen atoms in total. The van der Waals surface area contributed by atoms with Crippen molar-refractivity contribution in [3.63, 3.8) is 0 Å². The van der Waals surface area contributed by atoms with Crippen LogP contribution in [-0.4, -0.2) is 31.7 Å². The molecule has 1 aliphatic heterocycles. The van der Waals surface area contributed by atoms with Crippen molar-refractivity contribution in [3.05, 3.63) is 29.1 Å². The SMILES string of the molecule is Cc1c(F)cc(C#N)cc1NC(=O)COC1CCNCC1. The summed E-state index contributed by atoms with van der Waals surface area (Å²) in [4.78, 5) is 11.9. The second-order valence-corrected chi connectivity index (χ2v) is 5.05. The van der Waals surface area contributed by atoms with Gasteiger partial charge in [0.25, 0.3) is 0 Å². The van der Waals surface area contributed by atoms with Gasteiger partial charge in [-0.3, -0.25) is 4.79 Å². The maximum atomic E-state index is 13.6. The lowest BCUT2D eigenvalue weighted by atomic mass is 10.1. The number of amides is 1. The molecule has 0 spiro atoms. The van der Waals surface area contributed by atoms with Crippen molar-refractivity contribution in [2.45, 2.75) is 25.9 Å². The van der Waals surface area contributed by atoms with Crippen molar-refractivity contribution in [3.8, 4) is 6.07 Å². The van der Waals surface area contributed by atoms with Crippen molar-refractivity contribution < 1.29 is 13.9 Å². The van der Waals surface area contributed by atoms with Crippen molar-refractivity contribution in [2.24, 2.45) is 0 Å². The van der Waals surface area contributed by atoms with Gasteiger partial charge in [0.2, 0.25) is 5.91 Å². The zero-order chi connectivity index (χ0) is 15.2. The summed E-state index contributed by atoms with van der Waals surface area (Å²) in [5.74, 6) is -0.852. The van der Waals surface area contributed by atoms with Gasteiger partial charge in [-0.05, 0) is 45.0 Å². The summed E-state index contributed by atoms with van der Waals surface area (Å²) in [6.07, 6.45) is 1.84. The van der Waals surface area contributed by atoms with Crippen LogP contribution in [0.15, 0.2) is 12.1 Å². The average molecular weight is 291 g/mol. The molecule has 2 N–H and O–H groups in total. The largest absolute Gasteiger partial charge is 0.368 e. The summed E-state index contributed by atoms with van der Waals surface area (Å²) in [5, 5.41) is 14.6. The van der Waals surface area contributed by atoms with E-state index >= 15 is 0 Å². The number of halogens is 1. The number of benzene rings is 1. The molecule has 1 aromatic rings. The molecule has 1 amide bonds. The maximum absolute atomic E-state index is 13.6. The van der Waals surface area contributed by atoms with Crippen LogP contribution in [0.4, 0.5) is 10.1 Å². The molecule has 1 saturated heterocycles. The lowest BCUT2D eigenvalue weighted by Gasteiger charge is -2.22. The van der Waals surface area contributed by atoms with E-state index in [4.69, 9.17) is 10.00 Å². The lowest BCUT2D eigenvalue weighted by molar-refractivity contribution is -0.123. The van der Waals surface area contributed by atoms with Crippen LogP contribution < -0.4 is 10.6 Å². The molecule has 1 fully saturated rings. The minimum absolute atomic E-state index is 0.0670. The summed E-state index contributed by atoms with van der Waals surface area (Å²) in [6, 6.07) is 4.47. The minimum atomic E-state index is -0.511. The Hall–Kier alpha value is -1.97. The number of rotatable bonds is 4. The second kappa shape index (κ2) is 7.16. The number of nitrogens with zero attached hydrogens (tertiary/aromatic N) is 1. The third kappa shape index (κ3) is 4.25. The molecule has 1 aromatic carbocycles. The van der Waals surface area contributed by atoms with E-state index in [1.807, 2.05) is 6.07 Å². The third-order valence-corrected chi connectivity index (χ3v) is 3.48. The van der Waals surface area contributed by atoms with Gasteiger partial charge in [-0.25, -0.2) is 4.39 Å². The van der Waals surface area contributed by atoms with Crippen LogP contribution in [0.25, 0.3) is 0 Å². The molecule has 0 bridgehead atoms. The van der Waals surface area contributed by atoms with Crippen LogP contribution >= 0.6 is 0 Å². The first kappa shape index (κ1) is 15.4. The first-order valence-electron chi connectivity index (χ1n) is 6.92. The molecule has 0 radical (unpaired) electrons. The molecule has 1 heterocycles. The molecule has 0 aromatic heterocycles. The summed E-state index contributed by atoms with van der Waals surface area (Å²) in [5.41, 5.74) is 0.794. The van der Waals surface area contributed by atoms with Crippen LogP contribution in [0, 0.1) is 24.1 Å². The molecular weight excluding hydrogens is 273 g/mol. The first-order valence-corrected chi connectivity index (χ1v) is 6.92. The fourth-order valence-corrected chi connectivity index (χ4v) is 2.22. The summed E-state index contributed by atoms with van der Waals surface area (Å²) < 4.78 is 19.1. The van der Waals surface area contributed by atoms with Gasteiger partial charge in [0.05, 0.1) is 17.7 Å². The smallest absolute Gasteiger partial charge is 0.250 e. The number of anilines is 1. The molecule has 1 aliphatic rings. The number of hydrogen-bond donors (Lipinski definition) is 2. The normalized spacial score (nSPS) is 15.5. The van der Waals surface area contributed by atoms with Gasteiger partial charge in [-0.15, -0.1) is 0 Å².